The quantitative estimate of drug-likeness (QED) is 0.647. The lowest BCUT2D eigenvalue weighted by Gasteiger charge is -2.17. The zero-order valence-corrected chi connectivity index (χ0v) is 13.3. The Hall–Kier alpha value is -1.40. The summed E-state index contributed by atoms with van der Waals surface area (Å²) in [5.41, 5.74) is 0. The third-order valence-corrected chi connectivity index (χ3v) is 3.29. The molecule has 0 heterocycles. The van der Waals surface area contributed by atoms with E-state index in [4.69, 9.17) is 9.84 Å². The highest BCUT2D eigenvalue weighted by Gasteiger charge is 2.11. The van der Waals surface area contributed by atoms with Crippen molar-refractivity contribution >= 4 is 17.9 Å². The lowest BCUT2D eigenvalue weighted by Crippen LogP contribution is -2.33. The second-order valence-electron chi connectivity index (χ2n) is 3.40. The molecule has 5 nitrogen and oxygen atoms in total. The molecule has 0 saturated heterocycles. The Morgan fingerprint density at radius 1 is 1.25 bits per heavy atom. The molecule has 20 heavy (non-hydrogen) atoms. The molecule has 114 valence electrons. The van der Waals surface area contributed by atoms with Crippen LogP contribution in [0, 0.1) is 0 Å². The predicted molar refractivity (Wildman–Crippen MR) is 81.3 cm³/mol. The number of ether oxygens (including phenoxy) is 2. The molecule has 0 unspecified atom stereocenters. The molecule has 0 fully saturated rings. The Bertz CT molecular complexity index is 370. The van der Waals surface area contributed by atoms with E-state index < -0.39 is 6.09 Å². The number of amides is 1. The van der Waals surface area contributed by atoms with Gasteiger partial charge in [0, 0.05) is 17.2 Å². The first-order valence-electron chi connectivity index (χ1n) is 6.42. The summed E-state index contributed by atoms with van der Waals surface area (Å²) >= 11 is 1.60. The van der Waals surface area contributed by atoms with Gasteiger partial charge in [0.05, 0.1) is 14.2 Å². The number of thioether (sulfide) groups is 1. The fourth-order valence-corrected chi connectivity index (χ4v) is 2.17. The number of hydrogen-bond acceptors (Lipinski definition) is 5. The van der Waals surface area contributed by atoms with Crippen molar-refractivity contribution in [3.05, 3.63) is 24.3 Å². The molecule has 6 heteroatoms. The lowest BCUT2D eigenvalue weighted by molar-refractivity contribution is 0.0791. The molecule has 1 aromatic rings. The molecule has 0 radical (unpaired) electrons. The molecule has 1 N–H and O–H groups in total. The molecule has 0 aliphatic carbocycles. The van der Waals surface area contributed by atoms with Crippen LogP contribution in [0.1, 0.15) is 13.8 Å². The van der Waals surface area contributed by atoms with Crippen molar-refractivity contribution in [1.29, 1.82) is 0 Å². The van der Waals surface area contributed by atoms with Crippen molar-refractivity contribution in [3.63, 3.8) is 0 Å². The number of carbonyl (C=O) groups excluding carboxylic acids is 1. The van der Waals surface area contributed by atoms with Crippen molar-refractivity contribution in [2.24, 2.45) is 0 Å². The summed E-state index contributed by atoms with van der Waals surface area (Å²) < 4.78 is 9.60. The average molecular weight is 301 g/mol. The van der Waals surface area contributed by atoms with Gasteiger partial charge in [-0.15, -0.1) is 11.8 Å². The van der Waals surface area contributed by atoms with Crippen molar-refractivity contribution in [1.82, 2.24) is 4.90 Å². The van der Waals surface area contributed by atoms with Gasteiger partial charge in [0.1, 0.15) is 12.5 Å². The highest BCUT2D eigenvalue weighted by molar-refractivity contribution is 7.99. The van der Waals surface area contributed by atoms with Crippen molar-refractivity contribution < 1.29 is 19.4 Å². The van der Waals surface area contributed by atoms with E-state index in [2.05, 4.69) is 4.74 Å². The predicted octanol–water partition coefficient (Wildman–Crippen LogP) is 2.83. The third-order valence-electron chi connectivity index (χ3n) is 2.29. The second-order valence-corrected chi connectivity index (χ2v) is 4.57. The summed E-state index contributed by atoms with van der Waals surface area (Å²) in [5, 5.41) is 8.99. The van der Waals surface area contributed by atoms with Crippen LogP contribution in [0.3, 0.4) is 0 Å². The summed E-state index contributed by atoms with van der Waals surface area (Å²) in [4.78, 5) is 13.5. The summed E-state index contributed by atoms with van der Waals surface area (Å²) in [5.74, 6) is 1.49. The van der Waals surface area contributed by atoms with Crippen LogP contribution in [0.2, 0.25) is 0 Å². The van der Waals surface area contributed by atoms with E-state index in [1.54, 1.807) is 18.9 Å². The summed E-state index contributed by atoms with van der Waals surface area (Å²) in [6.07, 6.45) is -0.521. The van der Waals surface area contributed by atoms with Gasteiger partial charge in [-0.1, -0.05) is 13.8 Å². The summed E-state index contributed by atoms with van der Waals surface area (Å²) in [6.45, 7) is 4.09. The standard InChI is InChI=1S/C12H17NO4S.C2H6/c1-16-10-3-5-11(6-4-10)18-8-7-13(9-14)12(15)17-2;1-2/h3-6,14H,7-9H2,1-2H3;1-2H3. The molecule has 1 amide bonds. The number of carbonyl (C=O) groups is 1. The minimum atomic E-state index is -0.521. The monoisotopic (exact) mass is 301 g/mol. The van der Waals surface area contributed by atoms with Crippen molar-refractivity contribution in [3.8, 4) is 5.75 Å². The molecular formula is C14H23NO4S. The van der Waals surface area contributed by atoms with E-state index in [0.29, 0.717) is 12.3 Å². The maximum absolute atomic E-state index is 11.2. The number of benzene rings is 1. The summed E-state index contributed by atoms with van der Waals surface area (Å²) in [6, 6.07) is 7.66. The van der Waals surface area contributed by atoms with E-state index in [1.807, 2.05) is 38.1 Å². The molecule has 0 spiro atoms. The zero-order chi connectivity index (χ0) is 15.4. The normalized spacial score (nSPS) is 9.25. The SMILES string of the molecule is CC.COC(=O)N(CO)CCSc1ccc(OC)cc1. The smallest absolute Gasteiger partial charge is 0.411 e. The highest BCUT2D eigenvalue weighted by Crippen LogP contribution is 2.21. The fourth-order valence-electron chi connectivity index (χ4n) is 1.29. The number of rotatable bonds is 6. The van der Waals surface area contributed by atoms with Gasteiger partial charge >= 0.3 is 6.09 Å². The largest absolute Gasteiger partial charge is 0.497 e. The first-order chi connectivity index (χ1) is 9.71. The first kappa shape index (κ1) is 18.6. The number of aliphatic hydroxyl groups excluding tert-OH is 1. The van der Waals surface area contributed by atoms with Crippen LogP contribution in [0.4, 0.5) is 4.79 Å². The molecular weight excluding hydrogens is 278 g/mol. The highest BCUT2D eigenvalue weighted by atomic mass is 32.2. The molecule has 1 aromatic carbocycles. The van der Waals surface area contributed by atoms with Crippen molar-refractivity contribution in [2.75, 3.05) is 33.2 Å². The molecule has 0 aliphatic rings. The van der Waals surface area contributed by atoms with Gasteiger partial charge < -0.3 is 14.6 Å². The first-order valence-corrected chi connectivity index (χ1v) is 7.40. The van der Waals surface area contributed by atoms with Gasteiger partial charge in [0.25, 0.3) is 0 Å². The van der Waals surface area contributed by atoms with Crippen LogP contribution < -0.4 is 4.74 Å². The molecule has 0 aromatic heterocycles. The van der Waals surface area contributed by atoms with Gasteiger partial charge in [-0.2, -0.15) is 0 Å². The number of hydrogen-bond donors (Lipinski definition) is 1. The van der Waals surface area contributed by atoms with Crippen LogP contribution in [-0.2, 0) is 4.74 Å². The number of methoxy groups -OCH3 is 2. The minimum absolute atomic E-state index is 0.337. The molecule has 0 bridgehead atoms. The molecule has 1 rings (SSSR count). The maximum Gasteiger partial charge on any atom is 0.411 e. The van der Waals surface area contributed by atoms with E-state index in [0.717, 1.165) is 10.6 Å². The van der Waals surface area contributed by atoms with Crippen LogP contribution in [-0.4, -0.2) is 49.3 Å². The van der Waals surface area contributed by atoms with E-state index in [1.165, 1.54) is 12.0 Å². The Morgan fingerprint density at radius 3 is 2.30 bits per heavy atom. The summed E-state index contributed by atoms with van der Waals surface area (Å²) in [7, 11) is 2.92. The number of nitrogens with zero attached hydrogens (tertiary/aromatic N) is 1. The van der Waals surface area contributed by atoms with Gasteiger partial charge in [0.2, 0.25) is 0 Å². The van der Waals surface area contributed by atoms with E-state index >= 15 is 0 Å². The fraction of sp³-hybridized carbons (Fsp3) is 0.500. The van der Waals surface area contributed by atoms with Gasteiger partial charge in [-0.25, -0.2) is 4.79 Å². The van der Waals surface area contributed by atoms with Crippen LogP contribution >= 0.6 is 11.8 Å². The topological polar surface area (TPSA) is 59.0 Å². The zero-order valence-electron chi connectivity index (χ0n) is 12.5. The van der Waals surface area contributed by atoms with Crippen molar-refractivity contribution in [2.45, 2.75) is 18.7 Å². The minimum Gasteiger partial charge on any atom is -0.497 e. The third kappa shape index (κ3) is 6.68. The molecule has 0 atom stereocenters. The maximum atomic E-state index is 11.2. The van der Waals surface area contributed by atoms with Crippen LogP contribution in [0.5, 0.6) is 5.75 Å². The Labute approximate surface area is 124 Å². The second kappa shape index (κ2) is 11.4. The molecule has 0 aliphatic heterocycles. The van der Waals surface area contributed by atoms with Gasteiger partial charge in [-0.3, -0.25) is 4.90 Å². The Kier molecular flexibility index (Phi) is 10.6. The van der Waals surface area contributed by atoms with Gasteiger partial charge in [-0.05, 0) is 24.3 Å². The Balaban J connectivity index is 0.00000172. The number of aliphatic hydroxyl groups is 1. The van der Waals surface area contributed by atoms with Crippen LogP contribution in [0.25, 0.3) is 0 Å². The molecule has 0 saturated carbocycles. The van der Waals surface area contributed by atoms with E-state index in [9.17, 15) is 4.79 Å². The van der Waals surface area contributed by atoms with Crippen LogP contribution in [0.15, 0.2) is 29.2 Å². The average Bonchev–Trinajstić information content (AvgIpc) is 2.53. The van der Waals surface area contributed by atoms with Gasteiger partial charge in [0.15, 0.2) is 0 Å². The lowest BCUT2D eigenvalue weighted by atomic mass is 10.3. The Morgan fingerprint density at radius 2 is 1.85 bits per heavy atom. The van der Waals surface area contributed by atoms with E-state index in [-0.39, 0.29) is 6.73 Å².